The highest BCUT2D eigenvalue weighted by atomic mass is 79.9. The lowest BCUT2D eigenvalue weighted by atomic mass is 9.82. The molecule has 2 N–H and O–H groups in total. The van der Waals surface area contributed by atoms with Crippen LogP contribution in [0, 0.1) is 0 Å². The van der Waals surface area contributed by atoms with Gasteiger partial charge < -0.3 is 34.3 Å². The van der Waals surface area contributed by atoms with Crippen LogP contribution in [0.15, 0.2) is 82.8 Å². The number of halogens is 1. The Labute approximate surface area is 277 Å². The largest absolute Gasteiger partial charge is 0.497 e. The Morgan fingerprint density at radius 2 is 1.41 bits per heavy atom. The van der Waals surface area contributed by atoms with Gasteiger partial charge >= 0.3 is 6.09 Å². The Kier molecular flexibility index (Phi) is 9.99. The van der Waals surface area contributed by atoms with E-state index in [4.69, 9.17) is 18.9 Å². The molecule has 2 heterocycles. The van der Waals surface area contributed by atoms with Gasteiger partial charge in [-0.25, -0.2) is 4.79 Å². The number of carboxylic acid groups (broad SMARTS) is 1. The van der Waals surface area contributed by atoms with Crippen LogP contribution in [-0.4, -0.2) is 91.6 Å². The zero-order valence-electron chi connectivity index (χ0n) is 25.7. The molecule has 11 heteroatoms. The second-order valence-electron chi connectivity index (χ2n) is 11.5. The SMILES string of the molecule is COc1ccc(OCCN(C(=O)C2=C(c3ccc(OCCOc4ccc(Br)cc4)cc3)C[C@@H]3CNC[C@H]2N3C(=O)O)C2CC2)cc1. The highest BCUT2D eigenvalue weighted by Crippen LogP contribution is 2.39. The monoisotopic (exact) mass is 691 g/mol. The molecule has 46 heavy (non-hydrogen) atoms. The number of fused-ring (bicyclic) bond motifs is 2. The van der Waals surface area contributed by atoms with Crippen molar-refractivity contribution in [1.82, 2.24) is 15.1 Å². The predicted molar refractivity (Wildman–Crippen MR) is 177 cm³/mol. The molecule has 1 aliphatic carbocycles. The van der Waals surface area contributed by atoms with Gasteiger partial charge in [0.25, 0.3) is 5.91 Å². The summed E-state index contributed by atoms with van der Waals surface area (Å²) in [6, 6.07) is 22.0. The molecular formula is C35H38BrN3O7. The van der Waals surface area contributed by atoms with Crippen LogP contribution in [0.25, 0.3) is 5.57 Å². The molecule has 2 aliphatic heterocycles. The predicted octanol–water partition coefficient (Wildman–Crippen LogP) is 5.46. The van der Waals surface area contributed by atoms with E-state index in [1.807, 2.05) is 77.7 Å². The average molecular weight is 693 g/mol. The average Bonchev–Trinajstić information content (AvgIpc) is 3.91. The van der Waals surface area contributed by atoms with Crippen LogP contribution in [0.2, 0.25) is 0 Å². The molecule has 0 radical (unpaired) electrons. The maximum atomic E-state index is 14.4. The minimum absolute atomic E-state index is 0.115. The summed E-state index contributed by atoms with van der Waals surface area (Å²) >= 11 is 3.42. The number of nitrogens with zero attached hydrogens (tertiary/aromatic N) is 2. The van der Waals surface area contributed by atoms with Crippen molar-refractivity contribution in [1.29, 1.82) is 0 Å². The second-order valence-corrected chi connectivity index (χ2v) is 12.5. The molecule has 3 aromatic carbocycles. The first kappa shape index (κ1) is 31.7. The van der Waals surface area contributed by atoms with Gasteiger partial charge in [0.2, 0.25) is 0 Å². The van der Waals surface area contributed by atoms with Crippen LogP contribution < -0.4 is 24.3 Å². The summed E-state index contributed by atoms with van der Waals surface area (Å²) in [6.07, 6.45) is 1.28. The van der Waals surface area contributed by atoms with Crippen molar-refractivity contribution >= 4 is 33.5 Å². The Morgan fingerprint density at radius 1 is 0.848 bits per heavy atom. The molecular weight excluding hydrogens is 654 g/mol. The lowest BCUT2D eigenvalue weighted by Gasteiger charge is -2.47. The zero-order chi connectivity index (χ0) is 32.0. The molecule has 6 rings (SSSR count). The summed E-state index contributed by atoms with van der Waals surface area (Å²) in [6.45, 7) is 2.41. The van der Waals surface area contributed by atoms with Crippen molar-refractivity contribution < 1.29 is 33.6 Å². The molecule has 0 unspecified atom stereocenters. The number of benzene rings is 3. The number of piperazine rings is 1. The van der Waals surface area contributed by atoms with Crippen LogP contribution >= 0.6 is 15.9 Å². The number of nitrogens with one attached hydrogen (secondary N) is 1. The number of ether oxygens (including phenoxy) is 4. The van der Waals surface area contributed by atoms with Crippen molar-refractivity contribution in [2.75, 3.05) is 46.6 Å². The van der Waals surface area contributed by atoms with E-state index in [1.54, 1.807) is 7.11 Å². The van der Waals surface area contributed by atoms with E-state index < -0.39 is 12.1 Å². The molecule has 2 atom stereocenters. The van der Waals surface area contributed by atoms with Crippen molar-refractivity contribution in [3.05, 3.63) is 88.4 Å². The number of amides is 2. The Hall–Kier alpha value is -4.22. The zero-order valence-corrected chi connectivity index (χ0v) is 27.3. The smallest absolute Gasteiger partial charge is 0.408 e. The van der Waals surface area contributed by atoms with Gasteiger partial charge in [-0.15, -0.1) is 0 Å². The fraction of sp³-hybridized carbons (Fsp3) is 0.371. The topological polar surface area (TPSA) is 110 Å². The standard InChI is InChI=1S/C35H38BrN3O7/c1-43-27-12-14-30(15-13-27)44-17-16-38(25-6-7-25)34(40)33-31(20-26-21-37-22-32(33)39(26)35(41)42)23-2-8-28(9-3-23)45-18-19-46-29-10-4-24(36)5-11-29/h2-5,8-15,25-26,32,37H,6-7,16-22H2,1H3,(H,41,42)/t26-,32-/m1/s1. The highest BCUT2D eigenvalue weighted by molar-refractivity contribution is 9.10. The fourth-order valence-electron chi connectivity index (χ4n) is 6.16. The molecule has 2 bridgehead atoms. The fourth-order valence-corrected chi connectivity index (χ4v) is 6.42. The lowest BCUT2D eigenvalue weighted by Crippen LogP contribution is -2.63. The first-order valence-corrected chi connectivity index (χ1v) is 16.3. The van der Waals surface area contributed by atoms with Gasteiger partial charge in [0.15, 0.2) is 0 Å². The van der Waals surface area contributed by atoms with E-state index in [-0.39, 0.29) is 18.0 Å². The van der Waals surface area contributed by atoms with Crippen molar-refractivity contribution in [3.63, 3.8) is 0 Å². The van der Waals surface area contributed by atoms with Crippen molar-refractivity contribution in [2.24, 2.45) is 0 Å². The molecule has 1 saturated heterocycles. The second kappa shape index (κ2) is 14.5. The van der Waals surface area contributed by atoms with E-state index >= 15 is 0 Å². The van der Waals surface area contributed by atoms with Gasteiger partial charge in [-0.05, 0) is 91.1 Å². The van der Waals surface area contributed by atoms with Gasteiger partial charge in [-0.2, -0.15) is 0 Å². The van der Waals surface area contributed by atoms with E-state index in [1.165, 1.54) is 4.90 Å². The van der Waals surface area contributed by atoms with Crippen LogP contribution in [0.3, 0.4) is 0 Å². The van der Waals surface area contributed by atoms with E-state index in [0.29, 0.717) is 62.9 Å². The third-order valence-corrected chi connectivity index (χ3v) is 9.07. The van der Waals surface area contributed by atoms with Gasteiger partial charge in [0, 0.05) is 29.2 Å². The van der Waals surface area contributed by atoms with Crippen LogP contribution in [0.1, 0.15) is 24.8 Å². The summed E-state index contributed by atoms with van der Waals surface area (Å²) in [7, 11) is 1.62. The molecule has 3 aromatic rings. The molecule has 2 fully saturated rings. The van der Waals surface area contributed by atoms with Gasteiger partial charge in [0.05, 0.1) is 25.7 Å². The minimum atomic E-state index is -1.00. The third kappa shape index (κ3) is 7.42. The number of hydrogen-bond donors (Lipinski definition) is 2. The van der Waals surface area contributed by atoms with Gasteiger partial charge in [-0.1, -0.05) is 28.1 Å². The van der Waals surface area contributed by atoms with E-state index in [0.717, 1.165) is 39.9 Å². The highest BCUT2D eigenvalue weighted by Gasteiger charge is 2.46. The summed E-state index contributed by atoms with van der Waals surface area (Å²) in [4.78, 5) is 30.2. The Bertz CT molecular complexity index is 1540. The van der Waals surface area contributed by atoms with Crippen LogP contribution in [-0.2, 0) is 4.79 Å². The lowest BCUT2D eigenvalue weighted by molar-refractivity contribution is -0.129. The quantitative estimate of drug-likeness (QED) is 0.228. The Morgan fingerprint density at radius 3 is 2.00 bits per heavy atom. The number of hydrogen-bond acceptors (Lipinski definition) is 7. The number of carbonyl (C=O) groups is 2. The third-order valence-electron chi connectivity index (χ3n) is 8.54. The molecule has 0 aromatic heterocycles. The first-order valence-electron chi connectivity index (χ1n) is 15.6. The molecule has 0 spiro atoms. The number of methoxy groups -OCH3 is 1. The Balaban J connectivity index is 1.19. The summed E-state index contributed by atoms with van der Waals surface area (Å²) in [5.74, 6) is 2.77. The van der Waals surface area contributed by atoms with Crippen LogP contribution in [0.5, 0.6) is 23.0 Å². The molecule has 1 saturated carbocycles. The molecule has 10 nitrogen and oxygen atoms in total. The summed E-state index contributed by atoms with van der Waals surface area (Å²) in [5, 5.41) is 13.5. The summed E-state index contributed by atoms with van der Waals surface area (Å²) in [5.41, 5.74) is 2.33. The maximum absolute atomic E-state index is 14.4. The van der Waals surface area contributed by atoms with Gasteiger partial charge in [0.1, 0.15) is 42.8 Å². The maximum Gasteiger partial charge on any atom is 0.408 e. The van der Waals surface area contributed by atoms with E-state index in [9.17, 15) is 14.7 Å². The molecule has 242 valence electrons. The number of rotatable bonds is 13. The first-order chi connectivity index (χ1) is 22.4. The normalized spacial score (nSPS) is 19.0. The number of carbonyl (C=O) groups excluding carboxylic acids is 1. The van der Waals surface area contributed by atoms with Crippen molar-refractivity contribution in [2.45, 2.75) is 37.4 Å². The van der Waals surface area contributed by atoms with Crippen molar-refractivity contribution in [3.8, 4) is 23.0 Å². The van der Waals surface area contributed by atoms with E-state index in [2.05, 4.69) is 21.2 Å². The van der Waals surface area contributed by atoms with Crippen LogP contribution in [0.4, 0.5) is 4.79 Å². The molecule has 2 amide bonds. The van der Waals surface area contributed by atoms with Gasteiger partial charge in [-0.3, -0.25) is 9.69 Å². The summed E-state index contributed by atoms with van der Waals surface area (Å²) < 4.78 is 23.9. The molecule has 3 aliphatic rings. The minimum Gasteiger partial charge on any atom is -0.497 e.